The monoisotopic (exact) mass is 320 g/mol. The van der Waals surface area contributed by atoms with E-state index in [0.29, 0.717) is 27.7 Å². The third kappa shape index (κ3) is 1.72. The molecule has 0 N–H and O–H groups in total. The van der Waals surface area contributed by atoms with Gasteiger partial charge in [-0.15, -0.1) is 0 Å². The molecular weight excluding hydrogens is 296 g/mol. The van der Waals surface area contributed by atoms with E-state index >= 15 is 0 Å². The first-order valence-electron chi connectivity index (χ1n) is 10.8. The van der Waals surface area contributed by atoms with Gasteiger partial charge in [0.2, 0.25) is 0 Å². The van der Waals surface area contributed by atoms with Crippen LogP contribution in [0.5, 0.6) is 0 Å². The van der Waals surface area contributed by atoms with Crippen LogP contribution in [0.15, 0.2) is 65.1 Å². The number of anilines is 3. The van der Waals surface area contributed by atoms with E-state index in [-0.39, 0.29) is 17.8 Å². The van der Waals surface area contributed by atoms with Crippen molar-refractivity contribution < 1.29 is 12.6 Å². The van der Waals surface area contributed by atoms with E-state index in [4.69, 9.17) is 12.6 Å². The normalized spacial score (nSPS) is 18.7. The summed E-state index contributed by atoms with van der Waals surface area (Å²) in [6.07, 6.45) is 0. The number of rotatable bonds is 1. The van der Waals surface area contributed by atoms with Gasteiger partial charge in [-0.2, -0.15) is 0 Å². The highest BCUT2D eigenvalue weighted by Gasteiger charge is 2.28. The zero-order valence-corrected chi connectivity index (χ0v) is 12.8. The molecule has 3 nitrogen and oxygen atoms in total. The summed E-state index contributed by atoms with van der Waals surface area (Å²) in [6.45, 7) is -4.59. The Bertz CT molecular complexity index is 1260. The number of hydrogen-bond acceptors (Lipinski definition) is 3. The van der Waals surface area contributed by atoms with Gasteiger partial charge >= 0.3 is 0 Å². The zero-order chi connectivity index (χ0) is 21.3. The van der Waals surface area contributed by atoms with Crippen molar-refractivity contribution in [1.29, 1.82) is 0 Å². The van der Waals surface area contributed by atoms with E-state index in [1.165, 1.54) is 11.0 Å². The first-order valence-corrected chi connectivity index (χ1v) is 7.75. The second-order valence-corrected chi connectivity index (χ2v) is 5.93. The Morgan fingerprint density at radius 2 is 1.79 bits per heavy atom. The van der Waals surface area contributed by atoms with Gasteiger partial charge in [0.25, 0.3) is 0 Å². The molecule has 1 aliphatic rings. The van der Waals surface area contributed by atoms with E-state index in [1.807, 2.05) is 47.4 Å². The Hall–Kier alpha value is -2.94. The molecule has 1 aromatic heterocycles. The van der Waals surface area contributed by atoms with Gasteiger partial charge in [-0.3, -0.25) is 0 Å². The molecule has 4 aromatic rings. The fourth-order valence-corrected chi connectivity index (χ4v) is 3.43. The molecule has 0 atom stereocenters. The Kier molecular flexibility index (Phi) is 1.75. The smallest absolute Gasteiger partial charge is 0.160 e. The minimum Gasteiger partial charge on any atom is -0.454 e. The van der Waals surface area contributed by atoms with Gasteiger partial charge in [0.15, 0.2) is 5.58 Å². The fraction of sp³-hybridized carbons (Fsp3) is 0.143. The lowest BCUT2D eigenvalue weighted by molar-refractivity contribution is 0.665. The van der Waals surface area contributed by atoms with Crippen molar-refractivity contribution >= 4 is 39.0 Å². The van der Waals surface area contributed by atoms with Crippen molar-refractivity contribution in [3.63, 3.8) is 0 Å². The first-order chi connectivity index (χ1) is 14.2. The van der Waals surface area contributed by atoms with Gasteiger partial charge in [-0.25, -0.2) is 0 Å². The number of para-hydroxylation sites is 2. The lowest BCUT2D eigenvalue weighted by Gasteiger charge is -2.19. The van der Waals surface area contributed by atoms with Crippen LogP contribution < -0.4 is 9.80 Å². The average molecular weight is 320 g/mol. The predicted octanol–water partition coefficient (Wildman–Crippen LogP) is 5.44. The molecule has 0 bridgehead atoms. The van der Waals surface area contributed by atoms with Crippen LogP contribution >= 0.6 is 0 Å². The molecular formula is C21H18N2O. The Labute approximate surface area is 149 Å². The molecule has 0 saturated carbocycles. The van der Waals surface area contributed by atoms with Gasteiger partial charge in [-0.05, 0) is 36.7 Å². The van der Waals surface area contributed by atoms with Crippen LogP contribution in [0.3, 0.4) is 0 Å². The van der Waals surface area contributed by atoms with E-state index in [9.17, 15) is 0 Å². The third-order valence-electron chi connectivity index (χ3n) is 4.53. The lowest BCUT2D eigenvalue weighted by Crippen LogP contribution is -2.23. The van der Waals surface area contributed by atoms with Crippen molar-refractivity contribution in [2.24, 2.45) is 0 Å². The summed E-state index contributed by atoms with van der Waals surface area (Å²) in [5.74, 6) is 0. The summed E-state index contributed by atoms with van der Waals surface area (Å²) < 4.78 is 53.8. The molecule has 0 unspecified atom stereocenters. The quantitative estimate of drug-likeness (QED) is 0.465. The maximum atomic E-state index is 8.06. The van der Waals surface area contributed by atoms with Crippen molar-refractivity contribution in [3.8, 4) is 0 Å². The molecule has 0 radical (unpaired) electrons. The Balaban J connectivity index is 1.83. The van der Waals surface area contributed by atoms with Crippen LogP contribution in [-0.4, -0.2) is 13.6 Å². The van der Waals surface area contributed by atoms with Crippen molar-refractivity contribution in [2.45, 2.75) is 6.85 Å². The molecule has 1 aliphatic heterocycles. The molecule has 0 saturated heterocycles. The maximum absolute atomic E-state index is 8.06. The van der Waals surface area contributed by atoms with E-state index in [2.05, 4.69) is 0 Å². The number of hydrogen-bond donors (Lipinski definition) is 0. The van der Waals surface area contributed by atoms with Crippen LogP contribution in [0.1, 0.15) is 13.8 Å². The summed E-state index contributed by atoms with van der Waals surface area (Å²) >= 11 is 0. The average Bonchev–Trinajstić information content (AvgIpc) is 3.26. The first kappa shape index (κ1) is 8.78. The second kappa shape index (κ2) is 4.78. The predicted molar refractivity (Wildman–Crippen MR) is 100 cm³/mol. The molecule has 2 heterocycles. The van der Waals surface area contributed by atoms with Gasteiger partial charge in [0.1, 0.15) is 11.3 Å². The molecule has 0 aliphatic carbocycles. The van der Waals surface area contributed by atoms with Gasteiger partial charge in [0, 0.05) is 31.7 Å². The number of fused-ring (bicyclic) bond motifs is 5. The summed E-state index contributed by atoms with van der Waals surface area (Å²) in [7, 11) is 0. The SMILES string of the molecule is [2H]C([2H])([2H])c1cccc2c1oc1c3c(ccc12)N(c1ccccc1)CN3C([2H])([2H])[2H]. The molecule has 3 aromatic carbocycles. The van der Waals surface area contributed by atoms with Gasteiger partial charge in [-0.1, -0.05) is 36.4 Å². The molecule has 5 rings (SSSR count). The molecule has 118 valence electrons. The Morgan fingerprint density at radius 3 is 2.62 bits per heavy atom. The standard InChI is InChI=1S/C21H18N2O/c1-14-7-6-10-16-17-11-12-18-19(21(17)24-20(14)16)22(2)13-23(18)15-8-4-3-5-9-15/h3-12H,13H2,1-2H3/i1D3,2D3. The highest BCUT2D eigenvalue weighted by atomic mass is 16.3. The molecule has 24 heavy (non-hydrogen) atoms. The zero-order valence-electron chi connectivity index (χ0n) is 18.8. The largest absolute Gasteiger partial charge is 0.454 e. The van der Waals surface area contributed by atoms with Crippen LogP contribution in [0, 0.1) is 6.85 Å². The Morgan fingerprint density at radius 1 is 0.917 bits per heavy atom. The summed E-state index contributed by atoms with van der Waals surface area (Å²) in [6, 6.07) is 18.3. The number of benzene rings is 3. The lowest BCUT2D eigenvalue weighted by atomic mass is 10.1. The van der Waals surface area contributed by atoms with E-state index < -0.39 is 13.8 Å². The van der Waals surface area contributed by atoms with Gasteiger partial charge in [0.05, 0.1) is 12.4 Å². The van der Waals surface area contributed by atoms with Crippen LogP contribution in [0.4, 0.5) is 17.1 Å². The van der Waals surface area contributed by atoms with E-state index in [1.54, 1.807) is 12.1 Å². The minimum absolute atomic E-state index is 0.114. The van der Waals surface area contributed by atoms with Crippen LogP contribution in [0.25, 0.3) is 21.9 Å². The fourth-order valence-electron chi connectivity index (χ4n) is 3.43. The number of aryl methyl sites for hydroxylation is 1. The second-order valence-electron chi connectivity index (χ2n) is 5.93. The highest BCUT2D eigenvalue weighted by molar-refractivity contribution is 6.13. The van der Waals surface area contributed by atoms with E-state index in [0.717, 1.165) is 5.69 Å². The summed E-state index contributed by atoms with van der Waals surface area (Å²) in [5, 5.41) is 1.35. The number of furan rings is 1. The van der Waals surface area contributed by atoms with Crippen molar-refractivity contribution in [2.75, 3.05) is 23.4 Å². The third-order valence-corrected chi connectivity index (χ3v) is 4.53. The summed E-state index contributed by atoms with van der Waals surface area (Å²) in [4.78, 5) is 3.24. The van der Waals surface area contributed by atoms with Crippen LogP contribution in [0.2, 0.25) is 0 Å². The minimum atomic E-state index is -2.39. The maximum Gasteiger partial charge on any atom is 0.160 e. The molecule has 3 heteroatoms. The molecule has 0 spiro atoms. The summed E-state index contributed by atoms with van der Waals surface area (Å²) in [5.41, 5.74) is 2.79. The molecule has 0 fully saturated rings. The van der Waals surface area contributed by atoms with Crippen molar-refractivity contribution in [1.82, 2.24) is 0 Å². The van der Waals surface area contributed by atoms with Crippen LogP contribution in [-0.2, 0) is 0 Å². The van der Waals surface area contributed by atoms with Crippen molar-refractivity contribution in [3.05, 3.63) is 66.2 Å². The van der Waals surface area contributed by atoms with Gasteiger partial charge < -0.3 is 14.2 Å². The molecule has 0 amide bonds. The highest BCUT2D eigenvalue weighted by Crippen LogP contribution is 2.46. The number of nitrogens with zero attached hydrogens (tertiary/aromatic N) is 2. The topological polar surface area (TPSA) is 19.6 Å².